The van der Waals surface area contributed by atoms with E-state index >= 15 is 0 Å². The summed E-state index contributed by atoms with van der Waals surface area (Å²) in [5.41, 5.74) is 2.98. The molecule has 0 N–H and O–H groups in total. The molecule has 8 nitrogen and oxygen atoms in total. The van der Waals surface area contributed by atoms with Gasteiger partial charge >= 0.3 is 0 Å². The molecule has 0 atom stereocenters. The van der Waals surface area contributed by atoms with Crippen molar-refractivity contribution in [3.05, 3.63) is 64.2 Å². The Bertz CT molecular complexity index is 1080. The lowest BCUT2D eigenvalue weighted by Gasteiger charge is -2.29. The van der Waals surface area contributed by atoms with Gasteiger partial charge < -0.3 is 9.47 Å². The Morgan fingerprint density at radius 2 is 1.93 bits per heavy atom. The van der Waals surface area contributed by atoms with Crippen LogP contribution in [-0.4, -0.2) is 37.9 Å². The van der Waals surface area contributed by atoms with Crippen molar-refractivity contribution >= 4 is 29.0 Å². The molecule has 1 aliphatic rings. The van der Waals surface area contributed by atoms with E-state index in [-0.39, 0.29) is 17.3 Å². The van der Waals surface area contributed by atoms with Gasteiger partial charge in [0, 0.05) is 36.5 Å². The lowest BCUT2D eigenvalue weighted by Crippen LogP contribution is -2.36. The number of amides is 1. The van der Waals surface area contributed by atoms with E-state index in [0.717, 1.165) is 30.6 Å². The molecule has 0 saturated heterocycles. The highest BCUT2D eigenvalue weighted by molar-refractivity contribution is 7.99. The number of benzene rings is 2. The van der Waals surface area contributed by atoms with Gasteiger partial charge in [-0.15, -0.1) is 10.2 Å². The van der Waals surface area contributed by atoms with Crippen molar-refractivity contribution in [1.29, 1.82) is 0 Å². The number of nitro groups is 1. The van der Waals surface area contributed by atoms with Gasteiger partial charge in [-0.05, 0) is 43.5 Å². The number of nitrogens with zero attached hydrogens (tertiary/aromatic N) is 5. The monoisotopic (exact) mass is 423 g/mol. The van der Waals surface area contributed by atoms with E-state index in [4.69, 9.17) is 0 Å². The lowest BCUT2D eigenvalue weighted by atomic mass is 10.0. The molecular formula is C21H21N5O3S. The van der Waals surface area contributed by atoms with Crippen molar-refractivity contribution < 1.29 is 9.72 Å². The third-order valence-electron chi connectivity index (χ3n) is 5.11. The van der Waals surface area contributed by atoms with Crippen molar-refractivity contribution in [2.75, 3.05) is 17.2 Å². The molecule has 0 saturated carbocycles. The number of aryl methyl sites for hydroxylation is 1. The lowest BCUT2D eigenvalue weighted by molar-refractivity contribution is -0.384. The highest BCUT2D eigenvalue weighted by atomic mass is 32.2. The third kappa shape index (κ3) is 3.93. The summed E-state index contributed by atoms with van der Waals surface area (Å²) in [6.45, 7) is 3.33. The fourth-order valence-corrected chi connectivity index (χ4v) is 4.50. The molecule has 0 bridgehead atoms. The van der Waals surface area contributed by atoms with Gasteiger partial charge in [0.2, 0.25) is 5.91 Å². The van der Waals surface area contributed by atoms with Gasteiger partial charge in [0.05, 0.1) is 10.7 Å². The Morgan fingerprint density at radius 1 is 1.17 bits per heavy atom. The number of hydrogen-bond acceptors (Lipinski definition) is 6. The molecule has 4 rings (SSSR count). The molecule has 0 spiro atoms. The van der Waals surface area contributed by atoms with Crippen LogP contribution in [-0.2, 0) is 17.8 Å². The van der Waals surface area contributed by atoms with Crippen LogP contribution < -0.4 is 4.90 Å². The zero-order chi connectivity index (χ0) is 21.1. The maximum absolute atomic E-state index is 12.9. The van der Waals surface area contributed by atoms with Gasteiger partial charge in [-0.2, -0.15) is 0 Å². The zero-order valence-corrected chi connectivity index (χ0v) is 17.3. The van der Waals surface area contributed by atoms with E-state index in [2.05, 4.69) is 16.3 Å². The van der Waals surface area contributed by atoms with Crippen molar-refractivity contribution in [2.45, 2.75) is 31.5 Å². The van der Waals surface area contributed by atoms with Crippen molar-refractivity contribution in [3.8, 4) is 11.4 Å². The summed E-state index contributed by atoms with van der Waals surface area (Å²) in [4.78, 5) is 25.2. The van der Waals surface area contributed by atoms with Crippen LogP contribution >= 0.6 is 11.8 Å². The molecule has 2 heterocycles. The molecule has 0 aliphatic carbocycles. The summed E-state index contributed by atoms with van der Waals surface area (Å²) in [6.07, 6.45) is 1.96. The number of carbonyl (C=O) groups is 1. The molecule has 1 aromatic heterocycles. The molecule has 2 aromatic carbocycles. The molecule has 1 amide bonds. The van der Waals surface area contributed by atoms with Crippen molar-refractivity contribution in [3.63, 3.8) is 0 Å². The summed E-state index contributed by atoms with van der Waals surface area (Å²) in [5, 5.41) is 20.0. The smallest absolute Gasteiger partial charge is 0.269 e. The van der Waals surface area contributed by atoms with E-state index < -0.39 is 4.92 Å². The van der Waals surface area contributed by atoms with Crippen molar-refractivity contribution in [2.24, 2.45) is 0 Å². The van der Waals surface area contributed by atoms with Gasteiger partial charge in [-0.25, -0.2) is 0 Å². The Morgan fingerprint density at radius 3 is 2.67 bits per heavy atom. The maximum Gasteiger partial charge on any atom is 0.269 e. The highest BCUT2D eigenvalue weighted by Crippen LogP contribution is 2.29. The van der Waals surface area contributed by atoms with Crippen LogP contribution in [0.1, 0.15) is 18.9 Å². The number of rotatable bonds is 6. The molecule has 0 fully saturated rings. The zero-order valence-electron chi connectivity index (χ0n) is 16.5. The first kappa shape index (κ1) is 20.1. The van der Waals surface area contributed by atoms with E-state index in [1.807, 2.05) is 34.6 Å². The molecule has 30 heavy (non-hydrogen) atoms. The molecule has 154 valence electrons. The Labute approximate surface area is 178 Å². The minimum atomic E-state index is -0.431. The number of aromatic nitrogens is 3. The van der Waals surface area contributed by atoms with Crippen LogP contribution in [0.15, 0.2) is 53.7 Å². The topological polar surface area (TPSA) is 94.2 Å². The normalized spacial score (nSPS) is 13.2. The number of fused-ring (bicyclic) bond motifs is 1. The number of carbonyl (C=O) groups excluding carboxylic acids is 1. The van der Waals surface area contributed by atoms with Crippen molar-refractivity contribution in [1.82, 2.24) is 14.8 Å². The predicted octanol–water partition coefficient (Wildman–Crippen LogP) is 3.94. The number of non-ortho nitro benzene ring substituents is 1. The van der Waals surface area contributed by atoms with Crippen LogP contribution in [0.25, 0.3) is 11.4 Å². The van der Waals surface area contributed by atoms with Gasteiger partial charge in [0.15, 0.2) is 11.0 Å². The largest absolute Gasteiger partial charge is 0.311 e. The average molecular weight is 423 g/mol. The summed E-state index contributed by atoms with van der Waals surface area (Å²) < 4.78 is 1.92. The SMILES string of the molecule is CCn1c(SCC(=O)N2CCCc3ccccc32)nnc1-c1ccc([N+](=O)[O-])cc1. The van der Waals surface area contributed by atoms with E-state index in [0.29, 0.717) is 17.5 Å². The second-order valence-electron chi connectivity index (χ2n) is 6.92. The number of anilines is 1. The fraction of sp³-hybridized carbons (Fsp3) is 0.286. The van der Waals surface area contributed by atoms with E-state index in [1.165, 1.54) is 29.5 Å². The first-order valence-electron chi connectivity index (χ1n) is 9.77. The maximum atomic E-state index is 12.9. The van der Waals surface area contributed by atoms with E-state index in [1.54, 1.807) is 12.1 Å². The van der Waals surface area contributed by atoms with Crippen LogP contribution in [0.5, 0.6) is 0 Å². The second-order valence-corrected chi connectivity index (χ2v) is 7.86. The molecule has 1 aliphatic heterocycles. The summed E-state index contributed by atoms with van der Waals surface area (Å²) in [6, 6.07) is 14.3. The van der Waals surface area contributed by atoms with Gasteiger partial charge in [-0.3, -0.25) is 14.9 Å². The molecule has 9 heteroatoms. The highest BCUT2D eigenvalue weighted by Gasteiger charge is 2.23. The Balaban J connectivity index is 1.49. The standard InChI is InChI=1S/C21H21N5O3S/c1-2-24-20(16-9-11-17(12-10-16)26(28)29)22-23-21(24)30-14-19(27)25-13-5-7-15-6-3-4-8-18(15)25/h3-4,6,8-12H,2,5,7,13-14H2,1H3. The molecular weight excluding hydrogens is 402 g/mol. The summed E-state index contributed by atoms with van der Waals surface area (Å²) in [5.74, 6) is 0.951. The summed E-state index contributed by atoms with van der Waals surface area (Å²) >= 11 is 1.36. The minimum absolute atomic E-state index is 0.0309. The van der Waals surface area contributed by atoms with Gasteiger partial charge in [-0.1, -0.05) is 30.0 Å². The Hall–Kier alpha value is -3.20. The van der Waals surface area contributed by atoms with Gasteiger partial charge in [0.1, 0.15) is 0 Å². The van der Waals surface area contributed by atoms with E-state index in [9.17, 15) is 14.9 Å². The third-order valence-corrected chi connectivity index (χ3v) is 6.06. The average Bonchev–Trinajstić information content (AvgIpc) is 3.20. The predicted molar refractivity (Wildman–Crippen MR) is 116 cm³/mol. The number of para-hydroxylation sites is 1. The van der Waals surface area contributed by atoms with Crippen LogP contribution in [0.3, 0.4) is 0 Å². The quantitative estimate of drug-likeness (QED) is 0.339. The first-order valence-corrected chi connectivity index (χ1v) is 10.8. The molecule has 3 aromatic rings. The minimum Gasteiger partial charge on any atom is -0.311 e. The van der Waals surface area contributed by atoms with Gasteiger partial charge in [0.25, 0.3) is 5.69 Å². The second kappa shape index (κ2) is 8.66. The molecule has 0 unspecified atom stereocenters. The number of hydrogen-bond donors (Lipinski definition) is 0. The first-order chi connectivity index (χ1) is 14.6. The number of thioether (sulfide) groups is 1. The Kier molecular flexibility index (Phi) is 5.80. The number of nitro benzene ring substituents is 1. The van der Waals surface area contributed by atoms with Crippen LogP contribution in [0, 0.1) is 10.1 Å². The molecule has 0 radical (unpaired) electrons. The fourth-order valence-electron chi connectivity index (χ4n) is 3.62. The van der Waals surface area contributed by atoms with Crippen LogP contribution in [0.4, 0.5) is 11.4 Å². The summed E-state index contributed by atoms with van der Waals surface area (Å²) in [7, 11) is 0. The van der Waals surface area contributed by atoms with Crippen LogP contribution in [0.2, 0.25) is 0 Å².